The van der Waals surface area contributed by atoms with Crippen molar-refractivity contribution in [1.82, 2.24) is 0 Å². The molecule has 1 rings (SSSR count). The quantitative estimate of drug-likeness (QED) is 0.500. The van der Waals surface area contributed by atoms with Crippen LogP contribution >= 0.6 is 0 Å². The van der Waals surface area contributed by atoms with E-state index >= 15 is 0 Å². The summed E-state index contributed by atoms with van der Waals surface area (Å²) in [7, 11) is -7.12. The highest BCUT2D eigenvalue weighted by Crippen LogP contribution is 2.04. The molecule has 0 aromatic heterocycles. The number of rotatable bonds is 0. The Morgan fingerprint density at radius 3 is 1.54 bits per heavy atom. The fourth-order valence-corrected chi connectivity index (χ4v) is 2.91. The zero-order valence-electron chi connectivity index (χ0n) is 6.80. The minimum atomic E-state index is -3.56. The third-order valence-corrected chi connectivity index (χ3v) is 4.03. The zero-order chi connectivity index (χ0) is 9.95. The van der Waals surface area contributed by atoms with E-state index in [2.05, 4.69) is 8.37 Å². The molecule has 0 aromatic carbocycles. The normalized spacial score (nSPS) is 28.3. The van der Waals surface area contributed by atoms with Crippen molar-refractivity contribution < 1.29 is 25.2 Å². The highest BCUT2D eigenvalue weighted by molar-refractivity contribution is 7.87. The smallest absolute Gasteiger partial charge is 0.267 e. The second kappa shape index (κ2) is 3.91. The molecule has 13 heavy (non-hydrogen) atoms. The van der Waals surface area contributed by atoms with E-state index in [-0.39, 0.29) is 31.1 Å². The average Bonchev–Trinajstić information content (AvgIpc) is 2.01. The van der Waals surface area contributed by atoms with E-state index in [1.165, 1.54) is 0 Å². The maximum absolute atomic E-state index is 10.9. The largest absolute Gasteiger partial charge is 0.268 e. The van der Waals surface area contributed by atoms with Gasteiger partial charge in [-0.1, -0.05) is 0 Å². The van der Waals surface area contributed by atoms with Gasteiger partial charge >= 0.3 is 0 Å². The van der Waals surface area contributed by atoms with Crippen molar-refractivity contribution in [3.8, 4) is 0 Å². The second-order valence-corrected chi connectivity index (χ2v) is 6.04. The lowest BCUT2D eigenvalue weighted by atomic mass is 10.6. The third-order valence-electron chi connectivity index (χ3n) is 1.40. The Kier molecular flexibility index (Phi) is 3.28. The van der Waals surface area contributed by atoms with Crippen molar-refractivity contribution >= 4 is 20.2 Å². The summed E-state index contributed by atoms with van der Waals surface area (Å²) >= 11 is 0. The summed E-state index contributed by atoms with van der Waals surface area (Å²) in [5.74, 6) is -0.564. The van der Waals surface area contributed by atoms with Crippen molar-refractivity contribution in [2.45, 2.75) is 6.42 Å². The first-order chi connectivity index (χ1) is 5.91. The van der Waals surface area contributed by atoms with Crippen LogP contribution < -0.4 is 0 Å². The highest BCUT2D eigenvalue weighted by atomic mass is 32.2. The Labute approximate surface area is 77.1 Å². The van der Waals surface area contributed by atoms with E-state index in [1.807, 2.05) is 0 Å². The van der Waals surface area contributed by atoms with Gasteiger partial charge in [0.1, 0.15) is 0 Å². The summed E-state index contributed by atoms with van der Waals surface area (Å²) in [5.41, 5.74) is 0. The molecule has 0 aromatic rings. The van der Waals surface area contributed by atoms with Crippen LogP contribution in [0, 0.1) is 0 Å². The third kappa shape index (κ3) is 4.03. The van der Waals surface area contributed by atoms with Crippen LogP contribution in [0.2, 0.25) is 0 Å². The molecule has 8 heteroatoms. The van der Waals surface area contributed by atoms with Crippen LogP contribution in [0.1, 0.15) is 6.42 Å². The van der Waals surface area contributed by atoms with Gasteiger partial charge in [-0.15, -0.1) is 0 Å². The number of hydrogen-bond acceptors (Lipinski definition) is 6. The Hall–Kier alpha value is -0.180. The van der Waals surface area contributed by atoms with E-state index in [1.54, 1.807) is 0 Å². The van der Waals surface area contributed by atoms with E-state index < -0.39 is 20.2 Å². The van der Waals surface area contributed by atoms with Gasteiger partial charge in [0.05, 0.1) is 24.7 Å². The van der Waals surface area contributed by atoms with Gasteiger partial charge in [0, 0.05) is 0 Å². The van der Waals surface area contributed by atoms with Crippen LogP contribution in [0.25, 0.3) is 0 Å². The zero-order valence-corrected chi connectivity index (χ0v) is 8.43. The van der Waals surface area contributed by atoms with Gasteiger partial charge in [0.2, 0.25) is 0 Å². The molecule has 0 unspecified atom stereocenters. The average molecular weight is 230 g/mol. The fourth-order valence-electron chi connectivity index (χ4n) is 0.852. The van der Waals surface area contributed by atoms with Crippen molar-refractivity contribution in [3.63, 3.8) is 0 Å². The topological polar surface area (TPSA) is 86.7 Å². The molecule has 0 saturated carbocycles. The molecular formula is C5H10O6S2. The van der Waals surface area contributed by atoms with Gasteiger partial charge < -0.3 is 0 Å². The molecule has 0 radical (unpaired) electrons. The molecule has 0 aliphatic carbocycles. The maximum atomic E-state index is 10.9. The SMILES string of the molecule is O=S1(=O)CCCS(=O)(=O)OCCO1. The van der Waals surface area contributed by atoms with Gasteiger partial charge in [-0.3, -0.25) is 8.37 Å². The van der Waals surface area contributed by atoms with Crippen LogP contribution in [0.5, 0.6) is 0 Å². The summed E-state index contributed by atoms with van der Waals surface area (Å²) in [6, 6.07) is 0. The Morgan fingerprint density at radius 2 is 1.15 bits per heavy atom. The molecule has 1 aliphatic rings. The summed E-state index contributed by atoms with van der Waals surface area (Å²) in [4.78, 5) is 0. The molecule has 1 aliphatic heterocycles. The number of hydrogen-bond donors (Lipinski definition) is 0. The van der Waals surface area contributed by atoms with Crippen molar-refractivity contribution in [2.75, 3.05) is 24.7 Å². The highest BCUT2D eigenvalue weighted by Gasteiger charge is 2.19. The van der Waals surface area contributed by atoms with Crippen LogP contribution in [0.4, 0.5) is 0 Å². The van der Waals surface area contributed by atoms with Gasteiger partial charge in [0.15, 0.2) is 0 Å². The fraction of sp³-hybridized carbons (Fsp3) is 1.00. The van der Waals surface area contributed by atoms with Gasteiger partial charge in [-0.25, -0.2) is 0 Å². The molecule has 1 fully saturated rings. The first kappa shape index (κ1) is 10.9. The molecule has 0 bridgehead atoms. The van der Waals surface area contributed by atoms with Crippen LogP contribution in [0.15, 0.2) is 0 Å². The Morgan fingerprint density at radius 1 is 0.769 bits per heavy atom. The van der Waals surface area contributed by atoms with E-state index in [0.29, 0.717) is 0 Å². The molecule has 1 heterocycles. The Balaban J connectivity index is 2.69. The predicted molar refractivity (Wildman–Crippen MR) is 44.1 cm³/mol. The summed E-state index contributed by atoms with van der Waals surface area (Å²) in [5, 5.41) is 0. The standard InChI is InChI=1S/C5H10O6S2/c6-12(7)4-1-5-13(8,9)11-3-2-10-12/h1-5H2. The van der Waals surface area contributed by atoms with Crippen LogP contribution in [-0.4, -0.2) is 41.6 Å². The van der Waals surface area contributed by atoms with Gasteiger partial charge in [0.25, 0.3) is 20.2 Å². The second-order valence-electron chi connectivity index (χ2n) is 2.52. The molecule has 6 nitrogen and oxygen atoms in total. The summed E-state index contributed by atoms with van der Waals surface area (Å²) in [6.45, 7) is -0.497. The lowest BCUT2D eigenvalue weighted by molar-refractivity contribution is 0.227. The van der Waals surface area contributed by atoms with E-state index in [0.717, 1.165) is 0 Å². The first-order valence-electron chi connectivity index (χ1n) is 3.65. The van der Waals surface area contributed by atoms with Gasteiger partial charge in [-0.05, 0) is 6.42 Å². The lowest BCUT2D eigenvalue weighted by Crippen LogP contribution is -2.12. The predicted octanol–water partition coefficient (Wildman–Crippen LogP) is -0.917. The van der Waals surface area contributed by atoms with Gasteiger partial charge in [-0.2, -0.15) is 16.8 Å². The molecule has 1 saturated heterocycles. The van der Waals surface area contributed by atoms with Crippen molar-refractivity contribution in [3.05, 3.63) is 0 Å². The Bertz CT molecular complexity index is 316. The molecule has 78 valence electrons. The molecule has 0 N–H and O–H groups in total. The lowest BCUT2D eigenvalue weighted by Gasteiger charge is -2.00. The van der Waals surface area contributed by atoms with Crippen molar-refractivity contribution in [2.24, 2.45) is 0 Å². The molecule has 0 amide bonds. The van der Waals surface area contributed by atoms with E-state index in [9.17, 15) is 16.8 Å². The van der Waals surface area contributed by atoms with E-state index in [4.69, 9.17) is 0 Å². The molecular weight excluding hydrogens is 220 g/mol. The minimum absolute atomic E-state index is 0.00463. The monoisotopic (exact) mass is 230 g/mol. The van der Waals surface area contributed by atoms with Crippen LogP contribution in [-0.2, 0) is 28.6 Å². The minimum Gasteiger partial charge on any atom is -0.268 e. The molecule has 0 atom stereocenters. The first-order valence-corrected chi connectivity index (χ1v) is 6.81. The summed E-state index contributed by atoms with van der Waals surface area (Å²) < 4.78 is 52.5. The van der Waals surface area contributed by atoms with Crippen molar-refractivity contribution in [1.29, 1.82) is 0 Å². The summed E-state index contributed by atoms with van der Waals surface area (Å²) in [6.07, 6.45) is 0.00463. The maximum Gasteiger partial charge on any atom is 0.267 e. The van der Waals surface area contributed by atoms with Crippen LogP contribution in [0.3, 0.4) is 0 Å². The molecule has 0 spiro atoms.